The molecule has 0 amide bonds. The van der Waals surface area contributed by atoms with Gasteiger partial charge in [-0.3, -0.25) is 4.79 Å². The van der Waals surface area contributed by atoms with E-state index in [4.69, 9.17) is 0 Å². The highest BCUT2D eigenvalue weighted by Crippen LogP contribution is 2.19. The van der Waals surface area contributed by atoms with Crippen molar-refractivity contribution in [1.82, 2.24) is 9.58 Å². The van der Waals surface area contributed by atoms with Crippen LogP contribution in [0.1, 0.15) is 27.8 Å². The lowest BCUT2D eigenvalue weighted by atomic mass is 10.0. The number of aliphatic hydroxyl groups is 1. The lowest BCUT2D eigenvalue weighted by Crippen LogP contribution is -2.16. The average Bonchev–Trinajstić information content (AvgIpc) is 2.85. The Bertz CT molecular complexity index is 645. The van der Waals surface area contributed by atoms with Crippen LogP contribution in [-0.4, -0.2) is 40.8 Å². The zero-order valence-electron chi connectivity index (χ0n) is 12.4. The second-order valence-corrected chi connectivity index (χ2v) is 4.97. The van der Waals surface area contributed by atoms with Crippen molar-refractivity contribution < 1.29 is 9.90 Å². The molecule has 5 nitrogen and oxygen atoms in total. The molecule has 2 rings (SSSR count). The molecule has 1 aromatic heterocycles. The highest BCUT2D eigenvalue weighted by molar-refractivity contribution is 5.99. The summed E-state index contributed by atoms with van der Waals surface area (Å²) >= 11 is 0. The molecule has 1 unspecified atom stereocenters. The minimum Gasteiger partial charge on any atom is -0.380 e. The Kier molecular flexibility index (Phi) is 4.55. The first-order chi connectivity index (χ1) is 10.0. The number of hydrogen-bond acceptors (Lipinski definition) is 4. The van der Waals surface area contributed by atoms with Crippen molar-refractivity contribution in [3.05, 3.63) is 59.4 Å². The molecule has 0 saturated carbocycles. The molecule has 0 aliphatic heterocycles. The lowest BCUT2D eigenvalue weighted by molar-refractivity contribution is 0.0738. The molecule has 21 heavy (non-hydrogen) atoms. The normalized spacial score (nSPS) is 12.6. The van der Waals surface area contributed by atoms with E-state index in [1.807, 2.05) is 20.2 Å². The summed E-state index contributed by atoms with van der Waals surface area (Å²) in [6.07, 6.45) is 0.518. The van der Waals surface area contributed by atoms with Crippen LogP contribution in [0.5, 0.6) is 0 Å². The van der Waals surface area contributed by atoms with E-state index in [1.54, 1.807) is 59.2 Å². The maximum atomic E-state index is 12.4. The maximum absolute atomic E-state index is 12.4. The molecule has 0 bridgehead atoms. The molecule has 0 radical (unpaired) electrons. The molecule has 110 valence electrons. The van der Waals surface area contributed by atoms with E-state index in [2.05, 4.69) is 5.10 Å². The van der Waals surface area contributed by atoms with Crippen LogP contribution < -0.4 is 0 Å². The molecule has 2 aromatic rings. The highest BCUT2D eigenvalue weighted by atomic mass is 16.3. The van der Waals surface area contributed by atoms with E-state index in [0.29, 0.717) is 11.3 Å². The maximum Gasteiger partial charge on any atom is 0.212 e. The summed E-state index contributed by atoms with van der Waals surface area (Å²) in [7, 11) is 5.43. The summed E-state index contributed by atoms with van der Waals surface area (Å²) in [5.74, 6) is -0.326. The van der Waals surface area contributed by atoms with Gasteiger partial charge in [0, 0.05) is 21.1 Å². The number of aliphatic hydroxyl groups excluding tert-OH is 1. The minimum atomic E-state index is -1.15. The number of aromatic nitrogens is 1. The third-order valence-corrected chi connectivity index (χ3v) is 3.20. The monoisotopic (exact) mass is 285 g/mol. The van der Waals surface area contributed by atoms with Crippen molar-refractivity contribution in [3.63, 3.8) is 0 Å². The van der Waals surface area contributed by atoms with Gasteiger partial charge in [0.1, 0.15) is 6.10 Å². The first kappa shape index (κ1) is 15.0. The van der Waals surface area contributed by atoms with Crippen LogP contribution in [0.3, 0.4) is 0 Å². The molecular formula is C16H19N3O2. The van der Waals surface area contributed by atoms with Crippen molar-refractivity contribution in [2.75, 3.05) is 14.1 Å². The minimum absolute atomic E-state index is 0.326. The molecule has 0 fully saturated rings. The largest absolute Gasteiger partial charge is 0.380 e. The first-order valence-electron chi connectivity index (χ1n) is 6.65. The third kappa shape index (κ3) is 3.38. The average molecular weight is 285 g/mol. The Balaban J connectivity index is 2.24. The van der Waals surface area contributed by atoms with Gasteiger partial charge in [0.05, 0.1) is 17.6 Å². The second-order valence-electron chi connectivity index (χ2n) is 4.97. The van der Waals surface area contributed by atoms with Gasteiger partial charge in [-0.05, 0) is 17.7 Å². The van der Waals surface area contributed by atoms with Gasteiger partial charge in [-0.1, -0.05) is 30.3 Å². The number of Topliss-reactive ketones (excluding diaryl/α,β-unsaturated/α-hetero) is 1. The molecule has 1 N–H and O–H groups in total. The molecule has 1 heterocycles. The first-order valence-corrected chi connectivity index (χ1v) is 6.65. The fourth-order valence-electron chi connectivity index (χ4n) is 2.01. The SMILES string of the molecule is CN(C)/N=C/c1ccc(C(=O)C(O)c2ccccc2)n1C. The van der Waals surface area contributed by atoms with E-state index in [9.17, 15) is 9.90 Å². The molecule has 0 aliphatic carbocycles. The van der Waals surface area contributed by atoms with Gasteiger partial charge >= 0.3 is 0 Å². The third-order valence-electron chi connectivity index (χ3n) is 3.20. The van der Waals surface area contributed by atoms with E-state index in [1.165, 1.54) is 0 Å². The zero-order chi connectivity index (χ0) is 15.4. The Morgan fingerprint density at radius 1 is 1.24 bits per heavy atom. The molecule has 0 spiro atoms. The second kappa shape index (κ2) is 6.37. The quantitative estimate of drug-likeness (QED) is 0.518. The summed E-state index contributed by atoms with van der Waals surface area (Å²) < 4.78 is 1.72. The predicted octanol–water partition coefficient (Wildman–Crippen LogP) is 1.84. The number of ketones is 1. The number of rotatable bonds is 5. The number of carbonyl (C=O) groups is 1. The highest BCUT2D eigenvalue weighted by Gasteiger charge is 2.21. The number of hydrazone groups is 1. The van der Waals surface area contributed by atoms with Gasteiger partial charge in [0.15, 0.2) is 0 Å². The Hall–Kier alpha value is -2.40. The molecule has 5 heteroatoms. The smallest absolute Gasteiger partial charge is 0.212 e. The summed E-state index contributed by atoms with van der Waals surface area (Å²) in [5.41, 5.74) is 1.84. The molecular weight excluding hydrogens is 266 g/mol. The summed E-state index contributed by atoms with van der Waals surface area (Å²) in [6.45, 7) is 0. The summed E-state index contributed by atoms with van der Waals surface area (Å²) in [6, 6.07) is 12.4. The van der Waals surface area contributed by atoms with Crippen LogP contribution in [0.15, 0.2) is 47.6 Å². The van der Waals surface area contributed by atoms with Crippen molar-refractivity contribution in [2.45, 2.75) is 6.10 Å². The van der Waals surface area contributed by atoms with Gasteiger partial charge < -0.3 is 14.7 Å². The van der Waals surface area contributed by atoms with Gasteiger partial charge in [-0.25, -0.2) is 0 Å². The molecule has 1 atom stereocenters. The van der Waals surface area contributed by atoms with Crippen molar-refractivity contribution in [3.8, 4) is 0 Å². The van der Waals surface area contributed by atoms with Crippen LogP contribution in [-0.2, 0) is 7.05 Å². The van der Waals surface area contributed by atoms with Crippen molar-refractivity contribution in [2.24, 2.45) is 12.1 Å². The van der Waals surface area contributed by atoms with Gasteiger partial charge in [-0.15, -0.1) is 0 Å². The van der Waals surface area contributed by atoms with Crippen LogP contribution in [0.2, 0.25) is 0 Å². The zero-order valence-corrected chi connectivity index (χ0v) is 12.4. The topological polar surface area (TPSA) is 57.8 Å². The fourth-order valence-corrected chi connectivity index (χ4v) is 2.01. The van der Waals surface area contributed by atoms with Crippen LogP contribution >= 0.6 is 0 Å². The summed E-state index contributed by atoms with van der Waals surface area (Å²) in [5, 5.41) is 16.0. The molecule has 0 aliphatic rings. The number of carbonyl (C=O) groups excluding carboxylic acids is 1. The fraction of sp³-hybridized carbons (Fsp3) is 0.250. The predicted molar refractivity (Wildman–Crippen MR) is 82.4 cm³/mol. The van der Waals surface area contributed by atoms with Crippen LogP contribution in [0, 0.1) is 0 Å². The van der Waals surface area contributed by atoms with Gasteiger partial charge in [-0.2, -0.15) is 5.10 Å². The molecule has 0 saturated heterocycles. The van der Waals surface area contributed by atoms with Crippen molar-refractivity contribution in [1.29, 1.82) is 0 Å². The Morgan fingerprint density at radius 2 is 1.90 bits per heavy atom. The number of benzene rings is 1. The van der Waals surface area contributed by atoms with Crippen LogP contribution in [0.4, 0.5) is 0 Å². The standard InChI is InChI=1S/C16H19N3O2/c1-18(2)17-11-13-9-10-14(19(13)3)16(21)15(20)12-7-5-4-6-8-12/h4-11,15,20H,1-3H3/b17-11+. The lowest BCUT2D eigenvalue weighted by Gasteiger charge is -2.11. The van der Waals surface area contributed by atoms with E-state index >= 15 is 0 Å². The van der Waals surface area contributed by atoms with E-state index < -0.39 is 6.10 Å². The van der Waals surface area contributed by atoms with Gasteiger partial charge in [0.2, 0.25) is 5.78 Å². The van der Waals surface area contributed by atoms with E-state index in [0.717, 1.165) is 5.69 Å². The van der Waals surface area contributed by atoms with Gasteiger partial charge in [0.25, 0.3) is 0 Å². The van der Waals surface area contributed by atoms with Crippen molar-refractivity contribution >= 4 is 12.0 Å². The molecule has 1 aromatic carbocycles. The Labute approximate surface area is 124 Å². The Morgan fingerprint density at radius 3 is 2.52 bits per heavy atom. The van der Waals surface area contributed by atoms with Crippen LogP contribution in [0.25, 0.3) is 0 Å². The van der Waals surface area contributed by atoms with E-state index in [-0.39, 0.29) is 5.78 Å². The number of nitrogens with zero attached hydrogens (tertiary/aromatic N) is 3. The number of hydrogen-bond donors (Lipinski definition) is 1. The summed E-state index contributed by atoms with van der Waals surface area (Å²) in [4.78, 5) is 12.4.